The molecule has 2 nitrogen and oxygen atoms in total. The Labute approximate surface area is 59.0 Å². The molecule has 1 atom stereocenters. The molecule has 0 radical (unpaired) electrons. The number of rotatable bonds is 2. The maximum absolute atomic E-state index is 8.16. The van der Waals surface area contributed by atoms with Gasteiger partial charge in [-0.3, -0.25) is 0 Å². The number of nitriles is 2. The van der Waals surface area contributed by atoms with Crippen LogP contribution in [-0.4, -0.2) is 5.38 Å². The molecule has 0 aromatic rings. The van der Waals surface area contributed by atoms with Crippen molar-refractivity contribution in [3.8, 4) is 12.1 Å². The zero-order valence-electron chi connectivity index (χ0n) is 4.76. The molecule has 0 fully saturated rings. The van der Waals surface area contributed by atoms with Crippen molar-refractivity contribution >= 4 is 11.6 Å². The highest BCUT2D eigenvalue weighted by molar-refractivity contribution is 6.22. The Bertz CT molecular complexity index is 184. The van der Waals surface area contributed by atoms with E-state index in [9.17, 15) is 0 Å². The largest absolute Gasteiger partial charge is 0.197 e. The van der Waals surface area contributed by atoms with Gasteiger partial charge in [-0.05, 0) is 0 Å². The summed E-state index contributed by atoms with van der Waals surface area (Å²) >= 11 is 5.37. The summed E-state index contributed by atoms with van der Waals surface area (Å²) in [6.45, 7) is 3.36. The van der Waals surface area contributed by atoms with E-state index in [0.29, 0.717) is 5.57 Å². The highest BCUT2D eigenvalue weighted by atomic mass is 35.5. The zero-order valence-corrected chi connectivity index (χ0v) is 5.52. The number of nitrogens with zero attached hydrogens (tertiary/aromatic N) is 2. The summed E-state index contributed by atoms with van der Waals surface area (Å²) in [6, 6.07) is 3.58. The lowest BCUT2D eigenvalue weighted by Gasteiger charge is -1.92. The molecular weight excluding hydrogens is 136 g/mol. The Balaban J connectivity index is 3.67. The SMILES string of the molecule is C=C(C#N)CC(Cl)C#N. The predicted molar refractivity (Wildman–Crippen MR) is 34.6 cm³/mol. The van der Waals surface area contributed by atoms with E-state index in [1.165, 1.54) is 0 Å². The predicted octanol–water partition coefficient (Wildman–Crippen LogP) is 1.59. The van der Waals surface area contributed by atoms with Gasteiger partial charge in [-0.1, -0.05) is 6.58 Å². The first-order valence-corrected chi connectivity index (χ1v) is 2.76. The Hall–Kier alpha value is -0.990. The fourth-order valence-corrected chi connectivity index (χ4v) is 0.494. The van der Waals surface area contributed by atoms with Gasteiger partial charge in [0.15, 0.2) is 0 Å². The van der Waals surface area contributed by atoms with Crippen LogP contribution in [0.2, 0.25) is 0 Å². The Morgan fingerprint density at radius 2 is 2.22 bits per heavy atom. The zero-order chi connectivity index (χ0) is 7.28. The highest BCUT2D eigenvalue weighted by Gasteiger charge is 2.02. The van der Waals surface area contributed by atoms with Crippen LogP contribution in [-0.2, 0) is 0 Å². The van der Waals surface area contributed by atoms with Crippen LogP contribution in [0.3, 0.4) is 0 Å². The summed E-state index contributed by atoms with van der Waals surface area (Å²) in [5, 5.41) is 15.7. The van der Waals surface area contributed by atoms with Gasteiger partial charge in [0, 0.05) is 12.0 Å². The second-order valence-electron chi connectivity index (χ2n) is 1.52. The molecule has 0 aliphatic heterocycles. The lowest BCUT2D eigenvalue weighted by Crippen LogP contribution is -1.93. The molecule has 0 aromatic carbocycles. The molecule has 46 valence electrons. The summed E-state index contributed by atoms with van der Waals surface area (Å²) in [7, 11) is 0. The molecule has 0 amide bonds. The molecule has 0 saturated carbocycles. The lowest BCUT2D eigenvalue weighted by molar-refractivity contribution is 1.03. The van der Waals surface area contributed by atoms with Crippen molar-refractivity contribution < 1.29 is 0 Å². The van der Waals surface area contributed by atoms with E-state index >= 15 is 0 Å². The number of allylic oxidation sites excluding steroid dienone is 1. The summed E-state index contributed by atoms with van der Waals surface area (Å²) in [6.07, 6.45) is 0.258. The third-order valence-corrected chi connectivity index (χ3v) is 0.976. The molecule has 0 saturated heterocycles. The van der Waals surface area contributed by atoms with Crippen LogP contribution in [0.1, 0.15) is 6.42 Å². The first-order valence-electron chi connectivity index (χ1n) is 2.32. The molecule has 0 spiro atoms. The van der Waals surface area contributed by atoms with Crippen molar-refractivity contribution in [1.29, 1.82) is 10.5 Å². The molecule has 0 aromatic heterocycles. The van der Waals surface area contributed by atoms with Crippen LogP contribution in [0.5, 0.6) is 0 Å². The molecule has 0 aliphatic rings. The van der Waals surface area contributed by atoms with Gasteiger partial charge in [0.25, 0.3) is 0 Å². The van der Waals surface area contributed by atoms with Gasteiger partial charge >= 0.3 is 0 Å². The van der Waals surface area contributed by atoms with Gasteiger partial charge in [-0.25, -0.2) is 0 Å². The van der Waals surface area contributed by atoms with E-state index < -0.39 is 5.38 Å². The molecule has 0 bridgehead atoms. The van der Waals surface area contributed by atoms with E-state index in [0.717, 1.165) is 0 Å². The molecule has 0 rings (SSSR count). The lowest BCUT2D eigenvalue weighted by atomic mass is 10.2. The smallest absolute Gasteiger partial charge is 0.125 e. The topological polar surface area (TPSA) is 47.6 Å². The summed E-state index contributed by atoms with van der Waals surface area (Å²) in [5.41, 5.74) is 0.344. The average molecular weight is 141 g/mol. The Morgan fingerprint density at radius 1 is 1.67 bits per heavy atom. The van der Waals surface area contributed by atoms with Gasteiger partial charge in [-0.15, -0.1) is 11.6 Å². The number of alkyl halides is 1. The minimum Gasteiger partial charge on any atom is -0.197 e. The number of halogens is 1. The quantitative estimate of drug-likeness (QED) is 0.432. The molecule has 9 heavy (non-hydrogen) atoms. The summed E-state index contributed by atoms with van der Waals surface area (Å²) in [4.78, 5) is 0. The van der Waals surface area contributed by atoms with Crippen LogP contribution in [0.15, 0.2) is 12.2 Å². The normalized spacial score (nSPS) is 11.0. The third kappa shape index (κ3) is 3.58. The Kier molecular flexibility index (Phi) is 3.51. The fourth-order valence-electron chi connectivity index (χ4n) is 0.308. The fraction of sp³-hybridized carbons (Fsp3) is 0.333. The standard InChI is InChI=1S/C6H5ClN2/c1-5(3-8)2-6(7)4-9/h6H,1-2H2. The Morgan fingerprint density at radius 3 is 2.56 bits per heavy atom. The van der Waals surface area contributed by atoms with Crippen molar-refractivity contribution in [2.24, 2.45) is 0 Å². The van der Waals surface area contributed by atoms with E-state index in [4.69, 9.17) is 22.1 Å². The molecule has 0 heterocycles. The monoisotopic (exact) mass is 140 g/mol. The molecule has 3 heteroatoms. The molecule has 0 aliphatic carbocycles. The van der Waals surface area contributed by atoms with Gasteiger partial charge in [0.1, 0.15) is 5.38 Å². The van der Waals surface area contributed by atoms with Gasteiger partial charge in [0.2, 0.25) is 0 Å². The van der Waals surface area contributed by atoms with Gasteiger partial charge < -0.3 is 0 Å². The van der Waals surface area contributed by atoms with Crippen LogP contribution >= 0.6 is 11.6 Å². The number of hydrogen-bond acceptors (Lipinski definition) is 2. The first kappa shape index (κ1) is 8.01. The number of hydrogen-bond donors (Lipinski definition) is 0. The minimum atomic E-state index is -0.614. The second-order valence-corrected chi connectivity index (χ2v) is 2.04. The maximum Gasteiger partial charge on any atom is 0.125 e. The maximum atomic E-state index is 8.16. The van der Waals surface area contributed by atoms with Crippen molar-refractivity contribution in [3.63, 3.8) is 0 Å². The van der Waals surface area contributed by atoms with Crippen LogP contribution in [0.25, 0.3) is 0 Å². The summed E-state index contributed by atoms with van der Waals surface area (Å²) in [5.74, 6) is 0. The van der Waals surface area contributed by atoms with E-state index in [-0.39, 0.29) is 6.42 Å². The van der Waals surface area contributed by atoms with E-state index in [1.807, 2.05) is 0 Å². The second kappa shape index (κ2) is 3.95. The van der Waals surface area contributed by atoms with Gasteiger partial charge in [0.05, 0.1) is 12.1 Å². The minimum absolute atomic E-state index is 0.258. The van der Waals surface area contributed by atoms with E-state index in [2.05, 4.69) is 6.58 Å². The van der Waals surface area contributed by atoms with Crippen molar-refractivity contribution in [3.05, 3.63) is 12.2 Å². The van der Waals surface area contributed by atoms with Crippen molar-refractivity contribution in [1.82, 2.24) is 0 Å². The highest BCUT2D eigenvalue weighted by Crippen LogP contribution is 2.06. The van der Waals surface area contributed by atoms with Gasteiger partial charge in [-0.2, -0.15) is 10.5 Å². The first-order chi connectivity index (χ1) is 4.20. The van der Waals surface area contributed by atoms with Crippen molar-refractivity contribution in [2.75, 3.05) is 0 Å². The van der Waals surface area contributed by atoms with E-state index in [1.54, 1.807) is 12.1 Å². The van der Waals surface area contributed by atoms with Crippen molar-refractivity contribution in [2.45, 2.75) is 11.8 Å². The van der Waals surface area contributed by atoms with Crippen LogP contribution in [0, 0.1) is 22.7 Å². The molecule has 1 unspecified atom stereocenters. The summed E-state index contributed by atoms with van der Waals surface area (Å²) < 4.78 is 0. The van der Waals surface area contributed by atoms with Crippen LogP contribution < -0.4 is 0 Å². The molecular formula is C6H5ClN2. The third-order valence-electron chi connectivity index (χ3n) is 0.724. The molecule has 0 N–H and O–H groups in total. The van der Waals surface area contributed by atoms with Crippen LogP contribution in [0.4, 0.5) is 0 Å². The average Bonchev–Trinajstić information content (AvgIpc) is 1.87.